The highest BCUT2D eigenvalue weighted by Gasteiger charge is 2.57. The van der Waals surface area contributed by atoms with Gasteiger partial charge in [-0.25, -0.2) is 15.0 Å². The Labute approximate surface area is 355 Å². The van der Waals surface area contributed by atoms with E-state index < -0.39 is 0 Å². The van der Waals surface area contributed by atoms with Gasteiger partial charge in [-0.3, -0.25) is 0 Å². The highest BCUT2D eigenvalue weighted by atomic mass is 15.0. The van der Waals surface area contributed by atoms with E-state index in [0.29, 0.717) is 29.3 Å². The molecule has 0 aliphatic heterocycles. The normalized spacial score (nSPS) is 20.2. The molecule has 4 atom stereocenters. The molecule has 1 aromatic heterocycles. The Morgan fingerprint density at radius 2 is 0.951 bits per heavy atom. The summed E-state index contributed by atoms with van der Waals surface area (Å²) in [5.41, 5.74) is 11.5. The number of hydrogen-bond acceptors (Lipinski definition) is 3. The van der Waals surface area contributed by atoms with Crippen molar-refractivity contribution in [3.05, 3.63) is 187 Å². The van der Waals surface area contributed by atoms with E-state index in [2.05, 4.69) is 177 Å². The molecule has 0 saturated heterocycles. The lowest BCUT2D eigenvalue weighted by Gasteiger charge is -2.46. The molecule has 1 spiro atoms. The number of hydrogen-bond donors (Lipinski definition) is 0. The van der Waals surface area contributed by atoms with Crippen molar-refractivity contribution >= 4 is 43.1 Å². The van der Waals surface area contributed by atoms with Crippen molar-refractivity contribution in [3.8, 4) is 56.4 Å². The molecule has 0 radical (unpaired) electrons. The van der Waals surface area contributed by atoms with Crippen LogP contribution in [0, 0.1) is 17.8 Å². The first-order valence-corrected chi connectivity index (χ1v) is 22.1. The molecule has 3 nitrogen and oxygen atoms in total. The van der Waals surface area contributed by atoms with Gasteiger partial charge in [0.05, 0.1) is 0 Å². The van der Waals surface area contributed by atoms with Gasteiger partial charge in [-0.1, -0.05) is 177 Å². The summed E-state index contributed by atoms with van der Waals surface area (Å²) in [6.07, 6.45) is 5.37. The van der Waals surface area contributed by atoms with Gasteiger partial charge in [0.2, 0.25) is 0 Å². The fourth-order valence-electron chi connectivity index (χ4n) is 12.5. The molecular formula is C58H43N3. The van der Waals surface area contributed by atoms with Crippen LogP contribution in [0.2, 0.25) is 0 Å². The Hall–Kier alpha value is -6.97. The zero-order valence-corrected chi connectivity index (χ0v) is 34.1. The van der Waals surface area contributed by atoms with Crippen LogP contribution in [-0.2, 0) is 5.41 Å². The molecule has 0 amide bonds. The highest BCUT2D eigenvalue weighted by Crippen LogP contribution is 2.66. The minimum Gasteiger partial charge on any atom is -0.208 e. The molecule has 61 heavy (non-hydrogen) atoms. The molecule has 0 N–H and O–H groups in total. The maximum absolute atomic E-state index is 5.35. The van der Waals surface area contributed by atoms with Gasteiger partial charge < -0.3 is 0 Å². The van der Waals surface area contributed by atoms with Crippen LogP contribution in [-0.4, -0.2) is 15.0 Å². The van der Waals surface area contributed by atoms with Gasteiger partial charge in [0.25, 0.3) is 0 Å². The van der Waals surface area contributed by atoms with Crippen molar-refractivity contribution in [1.82, 2.24) is 15.0 Å². The van der Waals surface area contributed by atoms with Gasteiger partial charge in [0, 0.05) is 22.1 Å². The van der Waals surface area contributed by atoms with Gasteiger partial charge in [-0.05, 0) is 126 Å². The van der Waals surface area contributed by atoms with Gasteiger partial charge >= 0.3 is 0 Å². The smallest absolute Gasteiger partial charge is 0.164 e. The van der Waals surface area contributed by atoms with Crippen LogP contribution in [0.3, 0.4) is 0 Å². The van der Waals surface area contributed by atoms with Gasteiger partial charge in [-0.2, -0.15) is 0 Å². The van der Waals surface area contributed by atoms with Crippen LogP contribution in [0.25, 0.3) is 99.5 Å². The fourth-order valence-corrected chi connectivity index (χ4v) is 12.5. The van der Waals surface area contributed by atoms with E-state index in [-0.39, 0.29) is 5.41 Å². The lowest BCUT2D eigenvalue weighted by molar-refractivity contribution is 0.162. The topological polar surface area (TPSA) is 38.7 Å². The molecule has 2 fully saturated rings. The quantitative estimate of drug-likeness (QED) is 0.167. The van der Waals surface area contributed by atoms with Crippen LogP contribution in [0.1, 0.15) is 43.7 Å². The Kier molecular flexibility index (Phi) is 7.58. The zero-order valence-electron chi connectivity index (χ0n) is 34.1. The Morgan fingerprint density at radius 3 is 1.70 bits per heavy atom. The summed E-state index contributed by atoms with van der Waals surface area (Å²) < 4.78 is 0. The summed E-state index contributed by atoms with van der Waals surface area (Å²) in [7, 11) is 0. The van der Waals surface area contributed by atoms with Crippen LogP contribution >= 0.6 is 0 Å². The largest absolute Gasteiger partial charge is 0.208 e. The molecule has 3 aliphatic carbocycles. The first-order valence-electron chi connectivity index (χ1n) is 22.1. The second kappa shape index (κ2) is 13.3. The molecule has 2 saturated carbocycles. The lowest BCUT2D eigenvalue weighted by atomic mass is 9.56. The summed E-state index contributed by atoms with van der Waals surface area (Å²) >= 11 is 0. The van der Waals surface area contributed by atoms with E-state index in [4.69, 9.17) is 15.0 Å². The zero-order chi connectivity index (χ0) is 40.2. The van der Waals surface area contributed by atoms with Gasteiger partial charge in [0.15, 0.2) is 17.5 Å². The monoisotopic (exact) mass is 781 g/mol. The van der Waals surface area contributed by atoms with Crippen molar-refractivity contribution in [2.45, 2.75) is 38.0 Å². The van der Waals surface area contributed by atoms with Crippen LogP contribution in [0.15, 0.2) is 176 Å². The molecule has 10 aromatic rings. The van der Waals surface area contributed by atoms with Crippen molar-refractivity contribution in [3.63, 3.8) is 0 Å². The van der Waals surface area contributed by atoms with Crippen molar-refractivity contribution in [1.29, 1.82) is 0 Å². The third-order valence-electron chi connectivity index (χ3n) is 14.9. The third kappa shape index (κ3) is 5.01. The maximum Gasteiger partial charge on any atom is 0.164 e. The molecule has 1 unspecified atom stereocenters. The maximum atomic E-state index is 5.35. The first kappa shape index (κ1) is 34.8. The Bertz CT molecular complexity index is 3390. The third-order valence-corrected chi connectivity index (χ3v) is 14.9. The van der Waals surface area contributed by atoms with Gasteiger partial charge in [0.1, 0.15) is 0 Å². The number of benzene rings is 9. The van der Waals surface area contributed by atoms with Crippen LogP contribution in [0.4, 0.5) is 0 Å². The Morgan fingerprint density at radius 1 is 0.393 bits per heavy atom. The molecule has 13 rings (SSSR count). The summed E-state index contributed by atoms with van der Waals surface area (Å²) in [6.45, 7) is 2.54. The van der Waals surface area contributed by atoms with Crippen LogP contribution < -0.4 is 0 Å². The molecule has 3 aliphatic rings. The number of aromatic nitrogens is 3. The summed E-state index contributed by atoms with van der Waals surface area (Å²) in [4.78, 5) is 15.8. The Balaban J connectivity index is 1.01. The SMILES string of the molecule is C[C@@H]1C[C@@H]2CC[C@@H](C2)C12c1ccccc1-c1c(-c3ccc(-c4nc(-c5ccccc5)nc(-c5ccc6c7ccccc7c7ccccc7c6c5)n4)c4ccccc34)cccc12. The number of nitrogens with zero attached hydrogens (tertiary/aromatic N) is 3. The molecule has 290 valence electrons. The van der Waals surface area contributed by atoms with E-state index >= 15 is 0 Å². The lowest BCUT2D eigenvalue weighted by Crippen LogP contribution is -2.43. The summed E-state index contributed by atoms with van der Waals surface area (Å²) in [5, 5.41) is 9.75. The minimum atomic E-state index is 0.0714. The predicted molar refractivity (Wildman–Crippen MR) is 252 cm³/mol. The minimum absolute atomic E-state index is 0.0714. The molecule has 9 aromatic carbocycles. The highest BCUT2D eigenvalue weighted by molar-refractivity contribution is 6.25. The second-order valence-electron chi connectivity index (χ2n) is 17.9. The van der Waals surface area contributed by atoms with E-state index in [1.165, 1.54) is 85.6 Å². The molecule has 3 heteroatoms. The average Bonchev–Trinajstić information content (AvgIpc) is 3.88. The summed E-state index contributed by atoms with van der Waals surface area (Å²) in [5.74, 6) is 4.17. The first-order chi connectivity index (χ1) is 30.1. The molecular weight excluding hydrogens is 739 g/mol. The number of fused-ring (bicyclic) bond motifs is 15. The van der Waals surface area contributed by atoms with E-state index in [9.17, 15) is 0 Å². The molecule has 2 bridgehead atoms. The van der Waals surface area contributed by atoms with Crippen LogP contribution in [0.5, 0.6) is 0 Å². The van der Waals surface area contributed by atoms with Crippen molar-refractivity contribution < 1.29 is 0 Å². The fraction of sp³-hybridized carbons (Fsp3) is 0.155. The molecule has 1 heterocycles. The van der Waals surface area contributed by atoms with E-state index in [0.717, 1.165) is 28.0 Å². The average molecular weight is 782 g/mol. The predicted octanol–water partition coefficient (Wildman–Crippen LogP) is 14.9. The van der Waals surface area contributed by atoms with Crippen molar-refractivity contribution in [2.75, 3.05) is 0 Å². The second-order valence-corrected chi connectivity index (χ2v) is 17.9. The van der Waals surface area contributed by atoms with Gasteiger partial charge in [-0.15, -0.1) is 0 Å². The summed E-state index contributed by atoms with van der Waals surface area (Å²) in [6, 6.07) is 64.4. The van der Waals surface area contributed by atoms with E-state index in [1.54, 1.807) is 11.1 Å². The standard InChI is InChI=1S/C58H43N3/c1-35-32-36-26-28-39(33-36)58(35)52-24-12-11-22-50(52)54-48(23-13-25-53(54)58)46-30-31-49(44-20-9-7-19-43(44)46)57-60-55(37-14-3-2-4-15-37)59-56(61-57)38-27-29-47-42-18-6-5-16-40(42)41-17-8-10-21-45(41)51(47)34-38/h2-25,27,29-31,34-36,39H,26,28,32-33H2,1H3/t35-,36+,39+,58?/m1/s1. The van der Waals surface area contributed by atoms with E-state index in [1.807, 2.05) is 6.07 Å². The van der Waals surface area contributed by atoms with Crippen molar-refractivity contribution in [2.24, 2.45) is 17.8 Å². The number of rotatable bonds is 4.